The van der Waals surface area contributed by atoms with Crippen molar-refractivity contribution in [2.75, 3.05) is 10.6 Å². The Kier molecular flexibility index (Phi) is 5.51. The third-order valence-electron chi connectivity index (χ3n) is 3.65. The average Bonchev–Trinajstić information content (AvgIpc) is 2.95. The number of hydrogen-bond acceptors (Lipinski definition) is 3. The first-order valence-corrected chi connectivity index (χ1v) is 7.68. The monoisotopic (exact) mass is 316 g/mol. The van der Waals surface area contributed by atoms with Gasteiger partial charge in [-0.1, -0.05) is 32.4 Å². The number of nitrogens with zero attached hydrogens (tertiary/aromatic N) is 2. The summed E-state index contributed by atoms with van der Waals surface area (Å²) in [4.78, 5) is 24.3. The van der Waals surface area contributed by atoms with Gasteiger partial charge in [0.2, 0.25) is 5.91 Å². The molecule has 0 radical (unpaired) electrons. The first kappa shape index (κ1) is 16.7. The van der Waals surface area contributed by atoms with Crippen LogP contribution in [0.1, 0.15) is 38.5 Å². The van der Waals surface area contributed by atoms with E-state index in [-0.39, 0.29) is 13.2 Å². The Morgan fingerprint density at radius 2 is 1.91 bits per heavy atom. The lowest BCUT2D eigenvalue weighted by Gasteiger charge is -2.13. The fourth-order valence-corrected chi connectivity index (χ4v) is 2.10. The van der Waals surface area contributed by atoms with Crippen molar-refractivity contribution in [1.82, 2.24) is 9.78 Å². The normalized spacial score (nSPS) is 11.8. The molecule has 0 saturated carbocycles. The maximum Gasteiger partial charge on any atom is 0.258 e. The predicted molar refractivity (Wildman–Crippen MR) is 92.4 cm³/mol. The summed E-state index contributed by atoms with van der Waals surface area (Å²) in [5.41, 5.74) is 1.63. The van der Waals surface area contributed by atoms with E-state index in [0.717, 1.165) is 6.42 Å². The molecular formula is C17H24N4O2. The van der Waals surface area contributed by atoms with E-state index in [4.69, 9.17) is 0 Å². The standard InChI is InChI=1S/C17H22N4O2.H2/c1-4-12(2)9-16(22)19-14-7-5-6-8-15(14)20-17(23)13-10-18-21(3)11-13;/h5-8,10-12H,4,9H2,1-3H3,(H,19,22)(H,20,23);1H/t12-;/m0./s1. The Bertz CT molecular complexity index is 699. The Morgan fingerprint density at radius 1 is 1.26 bits per heavy atom. The van der Waals surface area contributed by atoms with Gasteiger partial charge in [0.15, 0.2) is 0 Å². The molecule has 0 bridgehead atoms. The lowest BCUT2D eigenvalue weighted by atomic mass is 10.0. The molecule has 0 fully saturated rings. The highest BCUT2D eigenvalue weighted by molar-refractivity contribution is 6.07. The van der Waals surface area contributed by atoms with Gasteiger partial charge in [-0.05, 0) is 18.1 Å². The van der Waals surface area contributed by atoms with Crippen LogP contribution in [-0.2, 0) is 11.8 Å². The van der Waals surface area contributed by atoms with Crippen molar-refractivity contribution in [1.29, 1.82) is 0 Å². The second-order valence-electron chi connectivity index (χ2n) is 5.67. The zero-order valence-corrected chi connectivity index (χ0v) is 13.7. The number of carbonyl (C=O) groups is 2. The fourth-order valence-electron chi connectivity index (χ4n) is 2.10. The summed E-state index contributed by atoms with van der Waals surface area (Å²) >= 11 is 0. The molecule has 0 aliphatic carbocycles. The topological polar surface area (TPSA) is 76.0 Å². The number of amides is 2. The molecule has 0 unspecified atom stereocenters. The molecule has 124 valence electrons. The van der Waals surface area contributed by atoms with Crippen LogP contribution in [0.25, 0.3) is 0 Å². The van der Waals surface area contributed by atoms with Gasteiger partial charge < -0.3 is 10.6 Å². The van der Waals surface area contributed by atoms with E-state index in [1.54, 1.807) is 30.1 Å². The zero-order chi connectivity index (χ0) is 16.8. The summed E-state index contributed by atoms with van der Waals surface area (Å²) in [5.74, 6) is 0.0105. The van der Waals surface area contributed by atoms with Crippen LogP contribution >= 0.6 is 0 Å². The van der Waals surface area contributed by atoms with Gasteiger partial charge in [-0.3, -0.25) is 14.3 Å². The lowest BCUT2D eigenvalue weighted by molar-refractivity contribution is -0.117. The van der Waals surface area contributed by atoms with Gasteiger partial charge in [-0.15, -0.1) is 0 Å². The maximum atomic E-state index is 12.2. The smallest absolute Gasteiger partial charge is 0.258 e. The van der Waals surface area contributed by atoms with Crippen molar-refractivity contribution in [3.63, 3.8) is 0 Å². The molecule has 1 heterocycles. The van der Waals surface area contributed by atoms with Crippen LogP contribution in [0.2, 0.25) is 0 Å². The van der Waals surface area contributed by atoms with Gasteiger partial charge in [0.25, 0.3) is 5.91 Å². The predicted octanol–water partition coefficient (Wildman–Crippen LogP) is 3.29. The first-order chi connectivity index (χ1) is 11.0. The first-order valence-electron chi connectivity index (χ1n) is 7.68. The van der Waals surface area contributed by atoms with Crippen molar-refractivity contribution in [3.05, 3.63) is 42.2 Å². The molecular weight excluding hydrogens is 292 g/mol. The van der Waals surface area contributed by atoms with Crippen molar-refractivity contribution in [2.45, 2.75) is 26.7 Å². The molecule has 2 aromatic rings. The molecule has 6 nitrogen and oxygen atoms in total. The Labute approximate surface area is 137 Å². The maximum absolute atomic E-state index is 12.2. The van der Waals surface area contributed by atoms with E-state index in [1.165, 1.54) is 6.20 Å². The van der Waals surface area contributed by atoms with Gasteiger partial charge >= 0.3 is 0 Å². The van der Waals surface area contributed by atoms with Crippen LogP contribution in [-0.4, -0.2) is 21.6 Å². The summed E-state index contributed by atoms with van der Waals surface area (Å²) in [6.07, 6.45) is 4.55. The largest absolute Gasteiger partial charge is 0.324 e. The van der Waals surface area contributed by atoms with Crippen LogP contribution in [0.5, 0.6) is 0 Å². The number of anilines is 2. The highest BCUT2D eigenvalue weighted by Gasteiger charge is 2.13. The van der Waals surface area contributed by atoms with Gasteiger partial charge in [0.1, 0.15) is 0 Å². The molecule has 0 aliphatic rings. The second-order valence-corrected chi connectivity index (χ2v) is 5.67. The van der Waals surface area contributed by atoms with E-state index < -0.39 is 0 Å². The van der Waals surface area contributed by atoms with E-state index in [1.807, 2.05) is 19.1 Å². The van der Waals surface area contributed by atoms with Crippen molar-refractivity contribution in [2.24, 2.45) is 13.0 Å². The van der Waals surface area contributed by atoms with Gasteiger partial charge in [-0.2, -0.15) is 5.10 Å². The zero-order valence-electron chi connectivity index (χ0n) is 13.7. The third kappa shape index (κ3) is 4.67. The van der Waals surface area contributed by atoms with Crippen LogP contribution in [0.3, 0.4) is 0 Å². The minimum atomic E-state index is -0.262. The Morgan fingerprint density at radius 3 is 2.48 bits per heavy atom. The van der Waals surface area contributed by atoms with Gasteiger partial charge in [0.05, 0.1) is 23.1 Å². The summed E-state index contributed by atoms with van der Waals surface area (Å²) in [5, 5.41) is 9.65. The molecule has 23 heavy (non-hydrogen) atoms. The molecule has 1 aromatic carbocycles. The number of benzene rings is 1. The van der Waals surface area contributed by atoms with Crippen molar-refractivity contribution >= 4 is 23.2 Å². The number of carbonyl (C=O) groups excluding carboxylic acids is 2. The Hall–Kier alpha value is -2.63. The summed E-state index contributed by atoms with van der Waals surface area (Å²) in [7, 11) is 1.75. The minimum Gasteiger partial charge on any atom is -0.324 e. The number of hydrogen-bond donors (Lipinski definition) is 2. The van der Waals surface area contributed by atoms with Crippen molar-refractivity contribution in [3.8, 4) is 0 Å². The van der Waals surface area contributed by atoms with E-state index >= 15 is 0 Å². The summed E-state index contributed by atoms with van der Waals surface area (Å²) in [6, 6.07) is 7.16. The van der Waals surface area contributed by atoms with Gasteiger partial charge in [-0.25, -0.2) is 0 Å². The molecule has 1 atom stereocenters. The third-order valence-corrected chi connectivity index (χ3v) is 3.65. The highest BCUT2D eigenvalue weighted by Crippen LogP contribution is 2.22. The van der Waals surface area contributed by atoms with E-state index in [2.05, 4.69) is 22.7 Å². The minimum absolute atomic E-state index is 0. The van der Waals surface area contributed by atoms with Crippen LogP contribution in [0, 0.1) is 5.92 Å². The molecule has 0 spiro atoms. The molecule has 2 rings (SSSR count). The quantitative estimate of drug-likeness (QED) is 0.858. The SMILES string of the molecule is CC[C@H](C)CC(=O)Nc1ccccc1NC(=O)c1cnn(C)c1.[HH]. The molecule has 2 N–H and O–H groups in total. The number of aromatic nitrogens is 2. The number of para-hydroxylation sites is 2. The lowest BCUT2D eigenvalue weighted by Crippen LogP contribution is -2.18. The molecule has 2 amide bonds. The molecule has 1 aromatic heterocycles. The summed E-state index contributed by atoms with van der Waals surface area (Å²) in [6.45, 7) is 4.09. The average molecular weight is 316 g/mol. The number of rotatable bonds is 6. The molecule has 6 heteroatoms. The van der Waals surface area contributed by atoms with Crippen LogP contribution < -0.4 is 10.6 Å². The van der Waals surface area contributed by atoms with Crippen LogP contribution in [0.4, 0.5) is 11.4 Å². The number of aryl methyl sites for hydroxylation is 1. The highest BCUT2D eigenvalue weighted by atomic mass is 16.2. The van der Waals surface area contributed by atoms with Gasteiger partial charge in [0, 0.05) is 21.1 Å². The summed E-state index contributed by atoms with van der Waals surface area (Å²) < 4.78 is 1.56. The van der Waals surface area contributed by atoms with E-state index in [9.17, 15) is 9.59 Å². The number of nitrogens with one attached hydrogen (secondary N) is 2. The van der Waals surface area contributed by atoms with Crippen molar-refractivity contribution < 1.29 is 11.0 Å². The second kappa shape index (κ2) is 7.58. The fraction of sp³-hybridized carbons (Fsp3) is 0.353. The van der Waals surface area contributed by atoms with Crippen LogP contribution in [0.15, 0.2) is 36.7 Å². The molecule has 0 saturated heterocycles. The van der Waals surface area contributed by atoms with E-state index in [0.29, 0.717) is 29.3 Å². The molecule has 0 aliphatic heterocycles. The Balaban J connectivity index is 0.00000288.